The summed E-state index contributed by atoms with van der Waals surface area (Å²) in [6, 6.07) is 19.0. The van der Waals surface area contributed by atoms with Crippen molar-refractivity contribution in [1.82, 2.24) is 10.9 Å². The molecule has 2 aromatic heterocycles. The molecule has 41 heavy (non-hydrogen) atoms. The number of aryl methyl sites for hydroxylation is 2. The minimum absolute atomic E-state index is 0. The number of pyridine rings is 2. The Bertz CT molecular complexity index is 1290. The minimum Gasteiger partial charge on any atom is -1.00 e. The van der Waals surface area contributed by atoms with E-state index >= 15 is 0 Å². The van der Waals surface area contributed by atoms with Crippen LogP contribution in [-0.4, -0.2) is 12.4 Å². The number of nitrogens with zero attached hydrogens (tertiary/aromatic N) is 4. The lowest BCUT2D eigenvalue weighted by Gasteiger charge is -2.05. The molecule has 0 amide bonds. The minimum atomic E-state index is 0. The van der Waals surface area contributed by atoms with Crippen LogP contribution in [0, 0.1) is 0 Å². The third-order valence-electron chi connectivity index (χ3n) is 5.91. The first-order chi connectivity index (χ1) is 19.0. The van der Waals surface area contributed by atoms with Gasteiger partial charge < -0.3 is 44.8 Å². The highest BCUT2D eigenvalue weighted by Crippen LogP contribution is 2.24. The number of aromatic nitrogens is 2. The Morgan fingerprint density at radius 1 is 0.561 bits per heavy atom. The largest absolute Gasteiger partial charge is 1.00 e. The fraction of sp³-hybridized carbons (Fsp3) is 0.172. The van der Waals surface area contributed by atoms with Crippen LogP contribution in [0.25, 0.3) is 0 Å². The van der Waals surface area contributed by atoms with Crippen LogP contribution in [0.4, 0.5) is 0 Å². The molecular weight excluding hydrogens is 734 g/mol. The van der Waals surface area contributed by atoms with Gasteiger partial charge in [-0.2, -0.15) is 10.2 Å². The van der Waals surface area contributed by atoms with Gasteiger partial charge in [-0.25, -0.2) is 9.13 Å². The van der Waals surface area contributed by atoms with Gasteiger partial charge in [-0.05, 0) is 24.3 Å². The average Bonchev–Trinajstić information content (AvgIpc) is 2.93. The zero-order chi connectivity index (χ0) is 27.5. The van der Waals surface area contributed by atoms with Crippen LogP contribution < -0.4 is 53.9 Å². The van der Waals surface area contributed by atoms with Gasteiger partial charge in [-0.15, -0.1) is 0 Å². The normalized spacial score (nSPS) is 10.8. The van der Waals surface area contributed by atoms with Gasteiger partial charge in [0.1, 0.15) is 0 Å². The molecule has 2 aromatic carbocycles. The molecule has 0 unspecified atom stereocenters. The second kappa shape index (κ2) is 18.4. The van der Waals surface area contributed by atoms with E-state index in [9.17, 15) is 0 Å². The van der Waals surface area contributed by atoms with Crippen molar-refractivity contribution in [3.05, 3.63) is 128 Å². The predicted octanol–water partition coefficient (Wildman–Crippen LogP) is 0.221. The van der Waals surface area contributed by atoms with Crippen LogP contribution in [0.2, 0.25) is 20.1 Å². The molecule has 12 heteroatoms. The summed E-state index contributed by atoms with van der Waals surface area (Å²) in [5.74, 6) is 0. The van der Waals surface area contributed by atoms with Crippen molar-refractivity contribution in [2.24, 2.45) is 10.2 Å². The van der Waals surface area contributed by atoms with Gasteiger partial charge >= 0.3 is 0 Å². The Morgan fingerprint density at radius 2 is 0.902 bits per heavy atom. The summed E-state index contributed by atoms with van der Waals surface area (Å²) in [6.07, 6.45) is 12.8. The number of nitrogens with one attached hydrogen (secondary N) is 2. The van der Waals surface area contributed by atoms with E-state index in [1.165, 1.54) is 0 Å². The van der Waals surface area contributed by atoms with E-state index in [2.05, 4.69) is 55.0 Å². The molecule has 6 nitrogen and oxygen atoms in total. The molecule has 0 atom stereocenters. The van der Waals surface area contributed by atoms with E-state index in [-0.39, 0.29) is 34.0 Å². The molecule has 2 N–H and O–H groups in total. The van der Waals surface area contributed by atoms with Crippen LogP contribution >= 0.6 is 46.4 Å². The predicted molar refractivity (Wildman–Crippen MR) is 160 cm³/mol. The van der Waals surface area contributed by atoms with E-state index < -0.39 is 0 Å². The van der Waals surface area contributed by atoms with Crippen LogP contribution in [0.3, 0.4) is 0 Å². The van der Waals surface area contributed by atoms with E-state index in [1.807, 2.05) is 60.7 Å². The zero-order valence-corrected chi connectivity index (χ0v) is 28.0. The summed E-state index contributed by atoms with van der Waals surface area (Å²) in [6.45, 7) is 2.74. The molecule has 4 aromatic rings. The van der Waals surface area contributed by atoms with Gasteiger partial charge in [0.25, 0.3) is 0 Å². The van der Waals surface area contributed by atoms with E-state index in [0.717, 1.165) is 41.8 Å². The molecule has 0 spiro atoms. The van der Waals surface area contributed by atoms with Gasteiger partial charge in [0.15, 0.2) is 37.9 Å². The molecule has 0 aliphatic rings. The Morgan fingerprint density at radius 3 is 1.24 bits per heavy atom. The third-order valence-corrected chi connectivity index (χ3v) is 7.33. The van der Waals surface area contributed by atoms with Gasteiger partial charge in [0.05, 0.1) is 31.9 Å². The number of halogens is 6. The van der Waals surface area contributed by atoms with E-state index in [0.29, 0.717) is 33.2 Å². The summed E-state index contributed by atoms with van der Waals surface area (Å²) in [7, 11) is 0. The van der Waals surface area contributed by atoms with Crippen molar-refractivity contribution in [1.29, 1.82) is 0 Å². The maximum atomic E-state index is 6.18. The highest BCUT2D eigenvalue weighted by Gasteiger charge is 2.07. The summed E-state index contributed by atoms with van der Waals surface area (Å²) >= 11 is 24.7. The van der Waals surface area contributed by atoms with E-state index in [1.54, 1.807) is 12.4 Å². The van der Waals surface area contributed by atoms with Crippen molar-refractivity contribution in [2.45, 2.75) is 32.6 Å². The van der Waals surface area contributed by atoms with Gasteiger partial charge in [0.2, 0.25) is 0 Å². The van der Waals surface area contributed by atoms with Gasteiger partial charge in [-0.1, -0.05) is 58.5 Å². The standard InChI is InChI=1S/C29H26Cl4N6.2BrH/c30-26-4-1-5-27(31)24(26)20-36-34-18-22-8-14-38(15-9-22)12-3-13-39-16-10-23(11-17-39)19-35-37-21-25-28(32)6-2-7-29(25)33;;/h1-2,4-11,14-19H,3,12-13,20-21H2;2*1H. The Kier molecular flexibility index (Phi) is 15.7. The van der Waals surface area contributed by atoms with Crippen LogP contribution in [0.5, 0.6) is 0 Å². The lowest BCUT2D eigenvalue weighted by Crippen LogP contribution is -3.00. The SMILES string of the molecule is Clc1cccc(Cl)c1CN/N=C/c1cc[n+](CCC[n+]2ccc(/C=N/NCc3c(Cl)cccc3Cl)cc2)cc1.[Br-].[Br-]. The quantitative estimate of drug-likeness (QED) is 0.124. The van der Waals surface area contributed by atoms with Gasteiger partial charge in [-0.3, -0.25) is 0 Å². The summed E-state index contributed by atoms with van der Waals surface area (Å²) in [4.78, 5) is 0. The van der Waals surface area contributed by atoms with Crippen molar-refractivity contribution in [3.8, 4) is 0 Å². The summed E-state index contributed by atoms with van der Waals surface area (Å²) in [5, 5.41) is 11.0. The maximum Gasteiger partial charge on any atom is 0.169 e. The van der Waals surface area contributed by atoms with Crippen LogP contribution in [0.15, 0.2) is 95.7 Å². The Hall–Kier alpha value is -2.20. The number of hydrogen-bond donors (Lipinski definition) is 2. The van der Waals surface area contributed by atoms with Crippen molar-refractivity contribution in [2.75, 3.05) is 0 Å². The van der Waals surface area contributed by atoms with Crippen LogP contribution in [0.1, 0.15) is 28.7 Å². The third kappa shape index (κ3) is 11.2. The first-order valence-electron chi connectivity index (χ1n) is 12.4. The van der Waals surface area contributed by atoms with Crippen LogP contribution in [-0.2, 0) is 26.2 Å². The molecular formula is C29H28Br2Cl4N6. The molecule has 0 fully saturated rings. The first kappa shape index (κ1) is 35.0. The Balaban J connectivity index is 0.00000294. The highest BCUT2D eigenvalue weighted by molar-refractivity contribution is 6.36. The zero-order valence-electron chi connectivity index (χ0n) is 21.8. The molecule has 0 saturated carbocycles. The number of hydrazone groups is 2. The van der Waals surface area contributed by atoms with E-state index in [4.69, 9.17) is 46.4 Å². The smallest absolute Gasteiger partial charge is 0.169 e. The molecule has 0 radical (unpaired) electrons. The van der Waals surface area contributed by atoms with Crippen molar-refractivity contribution < 1.29 is 43.1 Å². The molecule has 0 aliphatic heterocycles. The summed E-state index contributed by atoms with van der Waals surface area (Å²) in [5.41, 5.74) is 9.66. The fourth-order valence-corrected chi connectivity index (χ4v) is 4.80. The molecule has 0 aliphatic carbocycles. The van der Waals surface area contributed by atoms with Gasteiger partial charge in [0, 0.05) is 66.6 Å². The maximum absolute atomic E-state index is 6.18. The molecule has 0 bridgehead atoms. The molecule has 216 valence electrons. The molecule has 2 heterocycles. The molecule has 0 saturated heterocycles. The average molecular weight is 762 g/mol. The monoisotopic (exact) mass is 758 g/mol. The number of benzene rings is 2. The lowest BCUT2D eigenvalue weighted by molar-refractivity contribution is -0.726. The second-order valence-corrected chi connectivity index (χ2v) is 10.3. The molecule has 4 rings (SSSR count). The first-order valence-corrected chi connectivity index (χ1v) is 13.9. The fourth-order valence-electron chi connectivity index (χ4n) is 3.74. The summed E-state index contributed by atoms with van der Waals surface area (Å²) < 4.78 is 4.32. The number of hydrogen-bond acceptors (Lipinski definition) is 4. The highest BCUT2D eigenvalue weighted by atomic mass is 79.9. The van der Waals surface area contributed by atoms with Crippen molar-refractivity contribution >= 4 is 58.8 Å². The Labute approximate surface area is 281 Å². The lowest BCUT2D eigenvalue weighted by atomic mass is 10.2. The number of rotatable bonds is 12. The second-order valence-electron chi connectivity index (χ2n) is 8.68. The topological polar surface area (TPSA) is 56.5 Å². The van der Waals surface area contributed by atoms with Crippen molar-refractivity contribution in [3.63, 3.8) is 0 Å².